The van der Waals surface area contributed by atoms with Crippen molar-refractivity contribution >= 4 is 23.3 Å². The zero-order chi connectivity index (χ0) is 32.0. The molecular formula is C36H57N4O4+. The highest BCUT2D eigenvalue weighted by Gasteiger charge is 2.18. The summed E-state index contributed by atoms with van der Waals surface area (Å²) in [4.78, 5) is 24.7. The molecule has 0 saturated heterocycles. The van der Waals surface area contributed by atoms with Gasteiger partial charge in [0.1, 0.15) is 11.8 Å². The average molecular weight is 610 g/mol. The molecule has 0 heterocycles. The van der Waals surface area contributed by atoms with Crippen LogP contribution < -0.4 is 10.1 Å². The van der Waals surface area contributed by atoms with Crippen LogP contribution >= 0.6 is 0 Å². The van der Waals surface area contributed by atoms with Crippen molar-refractivity contribution in [3.05, 3.63) is 54.1 Å². The molecule has 244 valence electrons. The van der Waals surface area contributed by atoms with E-state index in [-0.39, 0.29) is 5.91 Å². The van der Waals surface area contributed by atoms with Crippen molar-refractivity contribution in [1.29, 1.82) is 0 Å². The molecule has 0 spiro atoms. The van der Waals surface area contributed by atoms with Gasteiger partial charge >= 0.3 is 5.97 Å². The number of hydrogen-bond acceptors (Lipinski definition) is 6. The standard InChI is InChI=1S/C36H56N4O4/c1-6-7-8-14-18-29-44-36(42)30(2)37-35(41)31-19-21-32(22-20-31)38-39-33-23-25-34(26-24-33)43-28-17-15-12-10-9-11-13-16-27-40(3,4)5/h19-26,30H,6-18,27-29H2,1-5H3/p+1/t30-/m0/s1. The lowest BCUT2D eigenvalue weighted by atomic mass is 10.1. The zero-order valence-electron chi connectivity index (χ0n) is 28.0. The van der Waals surface area contributed by atoms with Crippen LogP contribution in [0.3, 0.4) is 0 Å². The zero-order valence-corrected chi connectivity index (χ0v) is 28.0. The first-order chi connectivity index (χ1) is 21.2. The molecule has 2 aromatic carbocycles. The molecule has 2 aromatic rings. The quantitative estimate of drug-likeness (QED) is 0.0589. The van der Waals surface area contributed by atoms with Gasteiger partial charge in [0.15, 0.2) is 0 Å². The van der Waals surface area contributed by atoms with Crippen molar-refractivity contribution in [2.45, 2.75) is 103 Å². The molecule has 0 fully saturated rings. The number of hydrogen-bond donors (Lipinski definition) is 1. The number of esters is 1. The van der Waals surface area contributed by atoms with E-state index >= 15 is 0 Å². The fraction of sp³-hybridized carbons (Fsp3) is 0.611. The molecule has 1 atom stereocenters. The fourth-order valence-corrected chi connectivity index (χ4v) is 4.69. The van der Waals surface area contributed by atoms with Crippen molar-refractivity contribution in [3.63, 3.8) is 0 Å². The number of azo groups is 1. The van der Waals surface area contributed by atoms with Crippen LogP contribution in [0, 0.1) is 0 Å². The maximum Gasteiger partial charge on any atom is 0.328 e. The minimum absolute atomic E-state index is 0.335. The number of quaternary nitrogens is 1. The van der Waals surface area contributed by atoms with E-state index in [0.717, 1.165) is 48.2 Å². The van der Waals surface area contributed by atoms with Gasteiger partial charge in [-0.1, -0.05) is 64.7 Å². The first-order valence-corrected chi connectivity index (χ1v) is 16.7. The summed E-state index contributed by atoms with van der Waals surface area (Å²) >= 11 is 0. The predicted octanol–water partition coefficient (Wildman–Crippen LogP) is 8.94. The predicted molar refractivity (Wildman–Crippen MR) is 179 cm³/mol. The number of carbonyl (C=O) groups excluding carboxylic acids is 2. The second-order valence-electron chi connectivity index (χ2n) is 12.7. The molecule has 1 amide bonds. The highest BCUT2D eigenvalue weighted by molar-refractivity contribution is 5.96. The smallest absolute Gasteiger partial charge is 0.328 e. The summed E-state index contributed by atoms with van der Waals surface area (Å²) in [7, 11) is 6.78. The number of amides is 1. The van der Waals surface area contributed by atoms with E-state index in [1.807, 2.05) is 24.3 Å². The van der Waals surface area contributed by atoms with Crippen LogP contribution in [0.15, 0.2) is 58.8 Å². The monoisotopic (exact) mass is 609 g/mol. The van der Waals surface area contributed by atoms with Gasteiger partial charge in [0, 0.05) is 5.56 Å². The van der Waals surface area contributed by atoms with E-state index in [9.17, 15) is 9.59 Å². The molecule has 1 N–H and O–H groups in total. The third kappa shape index (κ3) is 17.1. The van der Waals surface area contributed by atoms with E-state index in [0.29, 0.717) is 17.9 Å². The van der Waals surface area contributed by atoms with Gasteiger partial charge in [-0.15, -0.1) is 0 Å². The summed E-state index contributed by atoms with van der Waals surface area (Å²) in [5.74, 6) is 0.0816. The van der Waals surface area contributed by atoms with Gasteiger partial charge < -0.3 is 19.3 Å². The van der Waals surface area contributed by atoms with Gasteiger partial charge in [-0.2, -0.15) is 10.2 Å². The lowest BCUT2D eigenvalue weighted by molar-refractivity contribution is -0.870. The van der Waals surface area contributed by atoms with Crippen LogP contribution in [0.4, 0.5) is 11.4 Å². The van der Waals surface area contributed by atoms with Crippen molar-refractivity contribution < 1.29 is 23.5 Å². The number of rotatable bonds is 23. The van der Waals surface area contributed by atoms with Gasteiger partial charge in [0.05, 0.1) is 52.3 Å². The molecule has 44 heavy (non-hydrogen) atoms. The summed E-state index contributed by atoms with van der Waals surface area (Å²) in [6.45, 7) is 6.17. The number of benzene rings is 2. The highest BCUT2D eigenvalue weighted by atomic mass is 16.5. The number of carbonyl (C=O) groups is 2. The Morgan fingerprint density at radius 2 is 1.20 bits per heavy atom. The topological polar surface area (TPSA) is 89.3 Å². The Labute approximate surface area is 266 Å². The van der Waals surface area contributed by atoms with E-state index in [1.165, 1.54) is 64.3 Å². The molecule has 0 aliphatic heterocycles. The van der Waals surface area contributed by atoms with Crippen LogP contribution in [-0.2, 0) is 9.53 Å². The van der Waals surface area contributed by atoms with Crippen LogP contribution in [0.1, 0.15) is 108 Å². The summed E-state index contributed by atoms with van der Waals surface area (Å²) in [6, 6.07) is 13.7. The van der Waals surface area contributed by atoms with Crippen molar-refractivity contribution in [2.75, 3.05) is 40.9 Å². The van der Waals surface area contributed by atoms with Gasteiger partial charge in [-0.3, -0.25) is 4.79 Å². The van der Waals surface area contributed by atoms with Crippen molar-refractivity contribution in [2.24, 2.45) is 10.2 Å². The van der Waals surface area contributed by atoms with E-state index < -0.39 is 12.0 Å². The summed E-state index contributed by atoms with van der Waals surface area (Å²) < 4.78 is 12.2. The highest BCUT2D eigenvalue weighted by Crippen LogP contribution is 2.22. The molecule has 0 aliphatic rings. The van der Waals surface area contributed by atoms with Gasteiger partial charge in [-0.05, 0) is 81.1 Å². The largest absolute Gasteiger partial charge is 0.494 e. The third-order valence-corrected chi connectivity index (χ3v) is 7.43. The second-order valence-corrected chi connectivity index (χ2v) is 12.7. The van der Waals surface area contributed by atoms with Gasteiger partial charge in [-0.25, -0.2) is 4.79 Å². The summed E-state index contributed by atoms with van der Waals surface area (Å²) in [5.41, 5.74) is 1.79. The van der Waals surface area contributed by atoms with Crippen LogP contribution in [-0.4, -0.2) is 63.3 Å². The van der Waals surface area contributed by atoms with E-state index in [1.54, 1.807) is 31.2 Å². The van der Waals surface area contributed by atoms with Gasteiger partial charge in [0.25, 0.3) is 5.91 Å². The maximum absolute atomic E-state index is 12.6. The summed E-state index contributed by atoms with van der Waals surface area (Å²) in [5, 5.41) is 11.3. The Morgan fingerprint density at radius 3 is 1.77 bits per heavy atom. The summed E-state index contributed by atoms with van der Waals surface area (Å²) in [6.07, 6.45) is 15.6. The number of nitrogens with one attached hydrogen (secondary N) is 1. The van der Waals surface area contributed by atoms with Crippen LogP contribution in [0.5, 0.6) is 5.75 Å². The number of nitrogens with zero attached hydrogens (tertiary/aromatic N) is 3. The minimum Gasteiger partial charge on any atom is -0.494 e. The molecule has 0 bridgehead atoms. The lowest BCUT2D eigenvalue weighted by Crippen LogP contribution is -2.39. The molecule has 2 rings (SSSR count). The Morgan fingerprint density at radius 1 is 0.705 bits per heavy atom. The third-order valence-electron chi connectivity index (χ3n) is 7.43. The molecule has 8 nitrogen and oxygen atoms in total. The Bertz CT molecular complexity index is 1090. The molecule has 0 aliphatic carbocycles. The molecule has 0 aromatic heterocycles. The number of ether oxygens (including phenoxy) is 2. The van der Waals surface area contributed by atoms with E-state index in [2.05, 4.69) is 43.6 Å². The van der Waals surface area contributed by atoms with Crippen molar-refractivity contribution in [3.8, 4) is 5.75 Å². The molecule has 0 saturated carbocycles. The Kier molecular flexibility index (Phi) is 18.0. The maximum atomic E-state index is 12.6. The SMILES string of the molecule is CCCCCCCOC(=O)[C@H](C)NC(=O)c1ccc(N=Nc2ccc(OCCCCCCCCCC[N+](C)(C)C)cc2)cc1. The second kappa shape index (κ2) is 21.4. The van der Waals surface area contributed by atoms with Gasteiger partial charge in [0.2, 0.25) is 0 Å². The normalized spacial score (nSPS) is 12.3. The number of unbranched alkanes of at least 4 members (excludes halogenated alkanes) is 11. The Balaban J connectivity index is 1.62. The fourth-order valence-electron chi connectivity index (χ4n) is 4.69. The Hall–Kier alpha value is -3.26. The first kappa shape index (κ1) is 36.9. The van der Waals surface area contributed by atoms with Crippen molar-refractivity contribution in [1.82, 2.24) is 5.32 Å². The first-order valence-electron chi connectivity index (χ1n) is 16.7. The average Bonchev–Trinajstić information content (AvgIpc) is 3.00. The van der Waals surface area contributed by atoms with E-state index in [4.69, 9.17) is 9.47 Å². The minimum atomic E-state index is -0.716. The molecular weight excluding hydrogens is 552 g/mol. The molecule has 0 unspecified atom stereocenters. The molecule has 0 radical (unpaired) electrons. The van der Waals surface area contributed by atoms with Crippen LogP contribution in [0.2, 0.25) is 0 Å². The lowest BCUT2D eigenvalue weighted by Gasteiger charge is -2.23. The molecule has 8 heteroatoms. The van der Waals surface area contributed by atoms with Crippen LogP contribution in [0.25, 0.3) is 0 Å².